The molecule has 1 aromatic rings. The van der Waals surface area contributed by atoms with Crippen molar-refractivity contribution in [1.82, 2.24) is 9.88 Å². The van der Waals surface area contributed by atoms with Crippen LogP contribution in [0.4, 0.5) is 0 Å². The molecule has 2 saturated heterocycles. The van der Waals surface area contributed by atoms with Crippen LogP contribution in [0.25, 0.3) is 0 Å². The van der Waals surface area contributed by atoms with Gasteiger partial charge in [0.25, 0.3) is 0 Å². The Morgan fingerprint density at radius 3 is 2.90 bits per heavy atom. The maximum Gasteiger partial charge on any atom is 0.228 e. The van der Waals surface area contributed by atoms with E-state index in [0.717, 1.165) is 45.4 Å². The van der Waals surface area contributed by atoms with Gasteiger partial charge in [0.05, 0.1) is 17.5 Å². The molecule has 0 radical (unpaired) electrons. The van der Waals surface area contributed by atoms with Gasteiger partial charge >= 0.3 is 0 Å². The third-order valence-electron chi connectivity index (χ3n) is 4.64. The van der Waals surface area contributed by atoms with Crippen molar-refractivity contribution in [2.75, 3.05) is 26.3 Å². The van der Waals surface area contributed by atoms with Gasteiger partial charge in [0.1, 0.15) is 0 Å². The lowest BCUT2D eigenvalue weighted by molar-refractivity contribution is -0.141. The average molecular weight is 294 g/mol. The topological polar surface area (TPSA) is 42.4 Å². The van der Waals surface area contributed by atoms with Gasteiger partial charge in [-0.1, -0.05) is 6.92 Å². The predicted octanol–water partition coefficient (Wildman–Crippen LogP) is 2.45. The number of aromatic nitrogens is 1. The van der Waals surface area contributed by atoms with Gasteiger partial charge in [-0.05, 0) is 25.7 Å². The average Bonchev–Trinajstić information content (AvgIpc) is 3.03. The molecule has 1 aromatic heterocycles. The fraction of sp³-hybridized carbons (Fsp3) is 0.733. The number of nitrogens with zero attached hydrogens (tertiary/aromatic N) is 2. The van der Waals surface area contributed by atoms with E-state index in [1.807, 2.05) is 16.5 Å². The van der Waals surface area contributed by atoms with Gasteiger partial charge in [-0.25, -0.2) is 4.98 Å². The summed E-state index contributed by atoms with van der Waals surface area (Å²) in [7, 11) is 0. The summed E-state index contributed by atoms with van der Waals surface area (Å²) in [5.41, 5.74) is 0.147. The van der Waals surface area contributed by atoms with Crippen LogP contribution in [0.2, 0.25) is 0 Å². The summed E-state index contributed by atoms with van der Waals surface area (Å²) in [5, 5.41) is 3.25. The van der Waals surface area contributed by atoms with Crippen molar-refractivity contribution in [2.24, 2.45) is 5.92 Å². The first-order chi connectivity index (χ1) is 9.69. The number of carbonyl (C=O) groups is 1. The molecule has 0 unspecified atom stereocenters. The number of likely N-dealkylation sites (tertiary alicyclic amines) is 1. The molecule has 2 fully saturated rings. The Kier molecular flexibility index (Phi) is 4.08. The van der Waals surface area contributed by atoms with E-state index in [1.165, 1.54) is 5.01 Å². The van der Waals surface area contributed by atoms with Crippen LogP contribution < -0.4 is 0 Å². The fourth-order valence-electron chi connectivity index (χ4n) is 3.15. The van der Waals surface area contributed by atoms with Crippen LogP contribution in [0.3, 0.4) is 0 Å². The maximum atomic E-state index is 12.5. The van der Waals surface area contributed by atoms with Crippen LogP contribution in [-0.4, -0.2) is 42.1 Å². The lowest BCUT2D eigenvalue weighted by atomic mass is 9.80. The fourth-order valence-corrected chi connectivity index (χ4v) is 4.01. The van der Waals surface area contributed by atoms with E-state index in [-0.39, 0.29) is 11.3 Å². The van der Waals surface area contributed by atoms with E-state index in [1.54, 1.807) is 11.3 Å². The number of hydrogen-bond donors (Lipinski definition) is 0. The smallest absolute Gasteiger partial charge is 0.228 e. The van der Waals surface area contributed by atoms with Crippen molar-refractivity contribution in [2.45, 2.75) is 38.0 Å². The van der Waals surface area contributed by atoms with E-state index in [9.17, 15) is 4.79 Å². The second-order valence-corrected chi connectivity index (χ2v) is 7.03. The number of carbonyl (C=O) groups excluding carboxylic acids is 1. The molecule has 0 spiro atoms. The highest BCUT2D eigenvalue weighted by atomic mass is 32.1. The van der Waals surface area contributed by atoms with Crippen LogP contribution in [0.15, 0.2) is 11.6 Å². The second-order valence-electron chi connectivity index (χ2n) is 6.14. The van der Waals surface area contributed by atoms with Gasteiger partial charge < -0.3 is 9.64 Å². The highest BCUT2D eigenvalue weighted by molar-refractivity contribution is 7.09. The lowest BCUT2D eigenvalue weighted by Crippen LogP contribution is -2.47. The Bertz CT molecular complexity index is 446. The molecule has 0 aliphatic carbocycles. The predicted molar refractivity (Wildman–Crippen MR) is 78.8 cm³/mol. The van der Waals surface area contributed by atoms with Crippen LogP contribution in [0.1, 0.15) is 37.6 Å². The largest absolute Gasteiger partial charge is 0.381 e. The standard InChI is InChI=1S/C15H22N2O2S/c1-15(14-16-6-10-20-14)4-7-17(8-5-15)13(18)12-3-2-9-19-11-12/h6,10,12H,2-5,7-9,11H2,1H3/t12-/m1/s1. The summed E-state index contributed by atoms with van der Waals surface area (Å²) >= 11 is 1.73. The highest BCUT2D eigenvalue weighted by Crippen LogP contribution is 2.36. The van der Waals surface area contributed by atoms with Gasteiger partial charge in [-0.15, -0.1) is 11.3 Å². The van der Waals surface area contributed by atoms with Crippen LogP contribution in [0, 0.1) is 5.92 Å². The zero-order valence-electron chi connectivity index (χ0n) is 12.0. The van der Waals surface area contributed by atoms with Crippen molar-refractivity contribution in [1.29, 1.82) is 0 Å². The zero-order chi connectivity index (χ0) is 14.0. The third kappa shape index (κ3) is 2.74. The lowest BCUT2D eigenvalue weighted by Gasteiger charge is -2.39. The number of piperidine rings is 1. The summed E-state index contributed by atoms with van der Waals surface area (Å²) in [6.07, 6.45) is 5.90. The number of ether oxygens (including phenoxy) is 1. The van der Waals surface area contributed by atoms with Gasteiger partial charge in [0, 0.05) is 36.7 Å². The first-order valence-electron chi connectivity index (χ1n) is 7.45. The molecular formula is C15H22N2O2S. The van der Waals surface area contributed by atoms with Gasteiger partial charge in [-0.3, -0.25) is 4.79 Å². The third-order valence-corrected chi connectivity index (χ3v) is 5.72. The van der Waals surface area contributed by atoms with E-state index in [2.05, 4.69) is 11.9 Å². The molecule has 2 aliphatic heterocycles. The summed E-state index contributed by atoms with van der Waals surface area (Å²) < 4.78 is 5.44. The number of hydrogen-bond acceptors (Lipinski definition) is 4. The normalized spacial score (nSPS) is 26.4. The Labute approximate surface area is 124 Å². The van der Waals surface area contributed by atoms with Crippen molar-refractivity contribution in [3.05, 3.63) is 16.6 Å². The van der Waals surface area contributed by atoms with Crippen molar-refractivity contribution < 1.29 is 9.53 Å². The number of thiazole rings is 1. The molecule has 3 heterocycles. The SMILES string of the molecule is CC1(c2nccs2)CCN(C(=O)[C@@H]2CCCOC2)CC1. The van der Waals surface area contributed by atoms with Crippen molar-refractivity contribution in [3.63, 3.8) is 0 Å². The highest BCUT2D eigenvalue weighted by Gasteiger charge is 2.37. The summed E-state index contributed by atoms with van der Waals surface area (Å²) in [5.74, 6) is 0.388. The monoisotopic (exact) mass is 294 g/mol. The minimum absolute atomic E-state index is 0.0907. The van der Waals surface area contributed by atoms with Crippen LogP contribution in [-0.2, 0) is 14.9 Å². The van der Waals surface area contributed by atoms with Gasteiger partial charge in [0.2, 0.25) is 5.91 Å². The minimum Gasteiger partial charge on any atom is -0.381 e. The molecular weight excluding hydrogens is 272 g/mol. The number of rotatable bonds is 2. The Balaban J connectivity index is 1.59. The molecule has 5 heteroatoms. The molecule has 20 heavy (non-hydrogen) atoms. The minimum atomic E-state index is 0.0907. The molecule has 4 nitrogen and oxygen atoms in total. The summed E-state index contributed by atoms with van der Waals surface area (Å²) in [6.45, 7) is 5.40. The molecule has 0 N–H and O–H groups in total. The van der Waals surface area contributed by atoms with Gasteiger partial charge in [-0.2, -0.15) is 0 Å². The Morgan fingerprint density at radius 1 is 1.50 bits per heavy atom. The number of amides is 1. The molecule has 0 saturated carbocycles. The maximum absolute atomic E-state index is 12.5. The molecule has 110 valence electrons. The molecule has 0 bridgehead atoms. The van der Waals surface area contributed by atoms with E-state index in [0.29, 0.717) is 12.5 Å². The van der Waals surface area contributed by atoms with Crippen LogP contribution >= 0.6 is 11.3 Å². The van der Waals surface area contributed by atoms with Crippen LogP contribution in [0.5, 0.6) is 0 Å². The molecule has 1 atom stereocenters. The summed E-state index contributed by atoms with van der Waals surface area (Å²) in [4.78, 5) is 19.0. The van der Waals surface area contributed by atoms with E-state index < -0.39 is 0 Å². The first kappa shape index (κ1) is 14.0. The quantitative estimate of drug-likeness (QED) is 0.841. The summed E-state index contributed by atoms with van der Waals surface area (Å²) in [6, 6.07) is 0. The van der Waals surface area contributed by atoms with Gasteiger partial charge in [0.15, 0.2) is 0 Å². The molecule has 0 aromatic carbocycles. The zero-order valence-corrected chi connectivity index (χ0v) is 12.8. The van der Waals surface area contributed by atoms with Crippen molar-refractivity contribution >= 4 is 17.2 Å². The molecule has 1 amide bonds. The second kappa shape index (κ2) is 5.82. The Hall–Kier alpha value is -0.940. The van der Waals surface area contributed by atoms with E-state index >= 15 is 0 Å². The Morgan fingerprint density at radius 2 is 2.30 bits per heavy atom. The van der Waals surface area contributed by atoms with E-state index in [4.69, 9.17) is 4.74 Å². The first-order valence-corrected chi connectivity index (χ1v) is 8.33. The van der Waals surface area contributed by atoms with Crippen molar-refractivity contribution in [3.8, 4) is 0 Å². The molecule has 3 rings (SSSR count). The molecule has 2 aliphatic rings.